The Kier molecular flexibility index (Phi) is 5.74. The minimum atomic E-state index is 0.0796. The molecule has 1 heteroatoms. The molecule has 1 nitrogen and oxygen atoms in total. The topological polar surface area (TPSA) is 17.1 Å². The second-order valence-electron chi connectivity index (χ2n) is 2.09. The Morgan fingerprint density at radius 3 is 2.60 bits per heavy atom. The van der Waals surface area contributed by atoms with Crippen LogP contribution in [0.4, 0.5) is 0 Å². The van der Waals surface area contributed by atoms with Gasteiger partial charge in [-0.05, 0) is 25.5 Å². The highest BCUT2D eigenvalue weighted by molar-refractivity contribution is 5.98. The number of carbonyl (C=O) groups excluding carboxylic acids is 1. The van der Waals surface area contributed by atoms with E-state index in [1.807, 2.05) is 13.0 Å². The summed E-state index contributed by atoms with van der Waals surface area (Å²) in [6, 6.07) is 0. The fourth-order valence-corrected chi connectivity index (χ4v) is 0.586. The van der Waals surface area contributed by atoms with Gasteiger partial charge in [-0.3, -0.25) is 4.79 Å². The number of unbranched alkanes of at least 4 members (excludes halogenated alkanes) is 1. The first-order chi connectivity index (χ1) is 4.81. The monoisotopic (exact) mass is 138 g/mol. The number of rotatable bonds is 4. The molecule has 0 unspecified atom stereocenters. The summed E-state index contributed by atoms with van der Waals surface area (Å²) in [5.74, 6) is 0.0796. The number of allylic oxidation sites excluding steroid dienone is 4. The second-order valence-corrected chi connectivity index (χ2v) is 2.09. The standard InChI is InChI=1S/C9H14O/c1-3-5-6-8-9(10)7-4-2/h4,6-8H,3,5H2,1-2H3/b7-4-,8-6+. The first kappa shape index (κ1) is 9.15. The van der Waals surface area contributed by atoms with Gasteiger partial charge in [-0.1, -0.05) is 25.5 Å². The summed E-state index contributed by atoms with van der Waals surface area (Å²) < 4.78 is 0. The minimum Gasteiger partial charge on any atom is -0.290 e. The summed E-state index contributed by atoms with van der Waals surface area (Å²) in [4.78, 5) is 10.7. The summed E-state index contributed by atoms with van der Waals surface area (Å²) in [6.07, 6.45) is 8.92. The molecule has 0 bridgehead atoms. The number of ketones is 1. The number of hydrogen-bond acceptors (Lipinski definition) is 1. The van der Waals surface area contributed by atoms with Crippen molar-refractivity contribution in [2.75, 3.05) is 0 Å². The van der Waals surface area contributed by atoms with Gasteiger partial charge in [0.15, 0.2) is 5.78 Å². The highest BCUT2D eigenvalue weighted by atomic mass is 16.1. The predicted molar refractivity (Wildman–Crippen MR) is 43.9 cm³/mol. The molecule has 0 heterocycles. The zero-order valence-electron chi connectivity index (χ0n) is 6.63. The summed E-state index contributed by atoms with van der Waals surface area (Å²) in [5.41, 5.74) is 0. The van der Waals surface area contributed by atoms with E-state index >= 15 is 0 Å². The highest BCUT2D eigenvalue weighted by Crippen LogP contribution is 1.89. The van der Waals surface area contributed by atoms with Crippen LogP contribution in [0.3, 0.4) is 0 Å². The third-order valence-electron chi connectivity index (χ3n) is 1.07. The molecule has 0 rings (SSSR count). The molecule has 0 N–H and O–H groups in total. The molecule has 10 heavy (non-hydrogen) atoms. The van der Waals surface area contributed by atoms with Gasteiger partial charge in [-0.15, -0.1) is 0 Å². The second kappa shape index (κ2) is 6.27. The van der Waals surface area contributed by atoms with Crippen LogP contribution in [-0.4, -0.2) is 5.78 Å². The fourth-order valence-electron chi connectivity index (χ4n) is 0.586. The van der Waals surface area contributed by atoms with E-state index < -0.39 is 0 Å². The lowest BCUT2D eigenvalue weighted by atomic mass is 10.2. The highest BCUT2D eigenvalue weighted by Gasteiger charge is 1.83. The maximum absolute atomic E-state index is 10.7. The van der Waals surface area contributed by atoms with E-state index in [2.05, 4.69) is 6.92 Å². The minimum absolute atomic E-state index is 0.0796. The molecule has 0 fully saturated rings. The average molecular weight is 138 g/mol. The number of hydrogen-bond donors (Lipinski definition) is 0. The quantitative estimate of drug-likeness (QED) is 0.545. The molecule has 0 saturated heterocycles. The van der Waals surface area contributed by atoms with Crippen LogP contribution in [0.2, 0.25) is 0 Å². The van der Waals surface area contributed by atoms with Crippen molar-refractivity contribution >= 4 is 5.78 Å². The van der Waals surface area contributed by atoms with Gasteiger partial charge in [-0.2, -0.15) is 0 Å². The van der Waals surface area contributed by atoms with Crippen molar-refractivity contribution in [1.29, 1.82) is 0 Å². The van der Waals surface area contributed by atoms with Gasteiger partial charge in [0.05, 0.1) is 0 Å². The fraction of sp³-hybridized carbons (Fsp3) is 0.444. The molecule has 0 atom stereocenters. The summed E-state index contributed by atoms with van der Waals surface area (Å²) in [5, 5.41) is 0. The third-order valence-corrected chi connectivity index (χ3v) is 1.07. The van der Waals surface area contributed by atoms with Crippen molar-refractivity contribution in [1.82, 2.24) is 0 Å². The maximum atomic E-state index is 10.7. The van der Waals surface area contributed by atoms with Gasteiger partial charge < -0.3 is 0 Å². The van der Waals surface area contributed by atoms with Crippen molar-refractivity contribution in [3.8, 4) is 0 Å². The summed E-state index contributed by atoms with van der Waals surface area (Å²) >= 11 is 0. The van der Waals surface area contributed by atoms with E-state index in [0.29, 0.717) is 0 Å². The van der Waals surface area contributed by atoms with E-state index in [-0.39, 0.29) is 5.78 Å². The van der Waals surface area contributed by atoms with Crippen LogP contribution in [0.25, 0.3) is 0 Å². The van der Waals surface area contributed by atoms with Crippen LogP contribution in [-0.2, 0) is 4.79 Å². The zero-order chi connectivity index (χ0) is 7.82. The van der Waals surface area contributed by atoms with Gasteiger partial charge in [0, 0.05) is 0 Å². The van der Waals surface area contributed by atoms with Gasteiger partial charge in [-0.25, -0.2) is 0 Å². The van der Waals surface area contributed by atoms with Crippen molar-refractivity contribution in [3.05, 3.63) is 24.3 Å². The molecule has 0 radical (unpaired) electrons. The smallest absolute Gasteiger partial charge is 0.177 e. The SMILES string of the molecule is C/C=C\C(=O)/C=C/CCC. The molecule has 0 aromatic heterocycles. The Balaban J connectivity index is 3.56. The van der Waals surface area contributed by atoms with Crippen molar-refractivity contribution in [2.24, 2.45) is 0 Å². The molecule has 0 spiro atoms. The van der Waals surface area contributed by atoms with E-state index in [9.17, 15) is 4.79 Å². The normalized spacial score (nSPS) is 11.4. The lowest BCUT2D eigenvalue weighted by Crippen LogP contribution is -1.82. The van der Waals surface area contributed by atoms with Gasteiger partial charge >= 0.3 is 0 Å². The first-order valence-corrected chi connectivity index (χ1v) is 3.64. The van der Waals surface area contributed by atoms with Crippen molar-refractivity contribution < 1.29 is 4.79 Å². The lowest BCUT2D eigenvalue weighted by Gasteiger charge is -1.82. The van der Waals surface area contributed by atoms with E-state index in [4.69, 9.17) is 0 Å². The third kappa shape index (κ3) is 5.29. The Morgan fingerprint density at radius 2 is 2.10 bits per heavy atom. The molecular weight excluding hydrogens is 124 g/mol. The Bertz CT molecular complexity index is 143. The molecule has 0 aliphatic heterocycles. The van der Waals surface area contributed by atoms with Gasteiger partial charge in [0.25, 0.3) is 0 Å². The molecule has 0 amide bonds. The molecule has 0 saturated carbocycles. The summed E-state index contributed by atoms with van der Waals surface area (Å²) in [6.45, 7) is 3.93. The molecule has 56 valence electrons. The van der Waals surface area contributed by atoms with Crippen molar-refractivity contribution in [3.63, 3.8) is 0 Å². The van der Waals surface area contributed by atoms with Gasteiger partial charge in [0.1, 0.15) is 0 Å². The average Bonchev–Trinajstić information content (AvgIpc) is 1.89. The number of carbonyl (C=O) groups is 1. The zero-order valence-corrected chi connectivity index (χ0v) is 6.63. The predicted octanol–water partition coefficient (Wildman–Crippen LogP) is 2.49. The van der Waals surface area contributed by atoms with Crippen LogP contribution in [0.1, 0.15) is 26.7 Å². The molecule has 0 aromatic carbocycles. The van der Waals surface area contributed by atoms with Crippen LogP contribution in [0.5, 0.6) is 0 Å². The molecular formula is C9H14O. The van der Waals surface area contributed by atoms with Crippen LogP contribution in [0.15, 0.2) is 24.3 Å². The van der Waals surface area contributed by atoms with E-state index in [1.54, 1.807) is 18.2 Å². The summed E-state index contributed by atoms with van der Waals surface area (Å²) in [7, 11) is 0. The molecule has 0 aliphatic rings. The van der Waals surface area contributed by atoms with Crippen molar-refractivity contribution in [2.45, 2.75) is 26.7 Å². The molecule has 0 aromatic rings. The van der Waals surface area contributed by atoms with Crippen LogP contribution in [0, 0.1) is 0 Å². The van der Waals surface area contributed by atoms with Crippen LogP contribution < -0.4 is 0 Å². The molecule has 0 aliphatic carbocycles. The first-order valence-electron chi connectivity index (χ1n) is 3.64. The maximum Gasteiger partial charge on any atom is 0.177 e. The lowest BCUT2D eigenvalue weighted by molar-refractivity contribution is -0.110. The Labute approximate surface area is 62.4 Å². The van der Waals surface area contributed by atoms with Crippen LogP contribution >= 0.6 is 0 Å². The van der Waals surface area contributed by atoms with Gasteiger partial charge in [0.2, 0.25) is 0 Å². The van der Waals surface area contributed by atoms with E-state index in [0.717, 1.165) is 12.8 Å². The Hall–Kier alpha value is -0.850. The largest absolute Gasteiger partial charge is 0.290 e. The van der Waals surface area contributed by atoms with E-state index in [1.165, 1.54) is 0 Å². The Morgan fingerprint density at radius 1 is 1.40 bits per heavy atom.